The highest BCUT2D eigenvalue weighted by atomic mass is 16.2. The largest absolute Gasteiger partial charge is 0.341 e. The molecule has 90 valence electrons. The van der Waals surface area contributed by atoms with E-state index in [1.807, 2.05) is 0 Å². The number of amides is 1. The van der Waals surface area contributed by atoms with Gasteiger partial charge in [0.15, 0.2) is 0 Å². The molecule has 2 aliphatic carbocycles. The Morgan fingerprint density at radius 3 is 2.12 bits per heavy atom. The van der Waals surface area contributed by atoms with Crippen LogP contribution in [-0.2, 0) is 4.79 Å². The molecule has 3 heteroatoms. The van der Waals surface area contributed by atoms with Gasteiger partial charge in [0, 0.05) is 13.1 Å². The molecular formula is C13H22N2O. The first kappa shape index (κ1) is 10.6. The zero-order valence-electron chi connectivity index (χ0n) is 9.95. The average molecular weight is 222 g/mol. The van der Waals surface area contributed by atoms with Crippen LogP contribution in [0.15, 0.2) is 0 Å². The van der Waals surface area contributed by atoms with Crippen LogP contribution in [0.4, 0.5) is 0 Å². The standard InChI is InChI=1S/C13H22N2O/c16-13(12-2-1-7-14-12)15(8-10-3-4-10)9-11-5-6-11/h10-12,14H,1-9H2. The summed E-state index contributed by atoms with van der Waals surface area (Å²) in [4.78, 5) is 14.5. The van der Waals surface area contributed by atoms with E-state index in [0.29, 0.717) is 5.91 Å². The van der Waals surface area contributed by atoms with Crippen LogP contribution in [0.5, 0.6) is 0 Å². The molecule has 0 spiro atoms. The van der Waals surface area contributed by atoms with Crippen LogP contribution in [0.25, 0.3) is 0 Å². The van der Waals surface area contributed by atoms with Crippen molar-refractivity contribution in [3.8, 4) is 0 Å². The number of nitrogens with zero attached hydrogens (tertiary/aromatic N) is 1. The van der Waals surface area contributed by atoms with Crippen molar-refractivity contribution in [2.75, 3.05) is 19.6 Å². The SMILES string of the molecule is O=C(C1CCCN1)N(CC1CC1)CC1CC1. The van der Waals surface area contributed by atoms with Gasteiger partial charge in [0.1, 0.15) is 0 Å². The average Bonchev–Trinajstić information content (AvgIpc) is 3.20. The van der Waals surface area contributed by atoms with Gasteiger partial charge in [-0.3, -0.25) is 4.79 Å². The van der Waals surface area contributed by atoms with Crippen molar-refractivity contribution < 1.29 is 4.79 Å². The third-order valence-corrected chi connectivity index (χ3v) is 4.02. The van der Waals surface area contributed by atoms with Crippen LogP contribution in [0.1, 0.15) is 38.5 Å². The lowest BCUT2D eigenvalue weighted by Crippen LogP contribution is -2.45. The molecule has 16 heavy (non-hydrogen) atoms. The Labute approximate surface area is 97.6 Å². The predicted molar refractivity (Wildman–Crippen MR) is 63.1 cm³/mol. The van der Waals surface area contributed by atoms with Crippen molar-refractivity contribution in [2.45, 2.75) is 44.6 Å². The van der Waals surface area contributed by atoms with Crippen LogP contribution < -0.4 is 5.32 Å². The Hall–Kier alpha value is -0.570. The van der Waals surface area contributed by atoms with E-state index < -0.39 is 0 Å². The van der Waals surface area contributed by atoms with Crippen molar-refractivity contribution in [3.05, 3.63) is 0 Å². The second kappa shape index (κ2) is 4.36. The molecule has 0 aromatic carbocycles. The van der Waals surface area contributed by atoms with Crippen LogP contribution in [-0.4, -0.2) is 36.5 Å². The van der Waals surface area contributed by atoms with Gasteiger partial charge in [0.2, 0.25) is 5.91 Å². The number of carbonyl (C=O) groups excluding carboxylic acids is 1. The molecule has 3 fully saturated rings. The quantitative estimate of drug-likeness (QED) is 0.762. The Morgan fingerprint density at radius 1 is 1.06 bits per heavy atom. The van der Waals surface area contributed by atoms with E-state index in [9.17, 15) is 4.79 Å². The molecule has 1 unspecified atom stereocenters. The van der Waals surface area contributed by atoms with Gasteiger partial charge < -0.3 is 10.2 Å². The number of carbonyl (C=O) groups is 1. The summed E-state index contributed by atoms with van der Waals surface area (Å²) >= 11 is 0. The van der Waals surface area contributed by atoms with Gasteiger partial charge in [-0.05, 0) is 56.9 Å². The van der Waals surface area contributed by atoms with Gasteiger partial charge in [-0.1, -0.05) is 0 Å². The van der Waals surface area contributed by atoms with E-state index in [1.165, 1.54) is 25.7 Å². The first-order valence-corrected chi connectivity index (χ1v) is 6.85. The molecule has 1 heterocycles. The molecule has 0 aromatic rings. The molecule has 1 atom stereocenters. The molecule has 0 bridgehead atoms. The second-order valence-electron chi connectivity index (χ2n) is 5.78. The highest BCUT2D eigenvalue weighted by molar-refractivity contribution is 5.82. The van der Waals surface area contributed by atoms with Gasteiger partial charge in [0.25, 0.3) is 0 Å². The highest BCUT2D eigenvalue weighted by Gasteiger charge is 2.34. The third kappa shape index (κ3) is 2.57. The lowest BCUT2D eigenvalue weighted by Gasteiger charge is -2.25. The van der Waals surface area contributed by atoms with E-state index in [4.69, 9.17) is 0 Å². The molecule has 3 aliphatic rings. The van der Waals surface area contributed by atoms with Gasteiger partial charge in [-0.2, -0.15) is 0 Å². The molecular weight excluding hydrogens is 200 g/mol. The third-order valence-electron chi connectivity index (χ3n) is 4.02. The van der Waals surface area contributed by atoms with Crippen molar-refractivity contribution in [2.24, 2.45) is 11.8 Å². The maximum atomic E-state index is 12.3. The molecule has 3 nitrogen and oxygen atoms in total. The van der Waals surface area contributed by atoms with Crippen molar-refractivity contribution in [1.82, 2.24) is 10.2 Å². The second-order valence-corrected chi connectivity index (χ2v) is 5.78. The summed E-state index contributed by atoms with van der Waals surface area (Å²) < 4.78 is 0. The summed E-state index contributed by atoms with van der Waals surface area (Å²) in [6.07, 6.45) is 7.57. The molecule has 1 amide bonds. The zero-order chi connectivity index (χ0) is 11.0. The maximum Gasteiger partial charge on any atom is 0.239 e. The number of hydrogen-bond acceptors (Lipinski definition) is 2. The molecule has 1 N–H and O–H groups in total. The molecule has 1 saturated heterocycles. The summed E-state index contributed by atoms with van der Waals surface area (Å²) in [6, 6.07) is 0.137. The molecule has 3 rings (SSSR count). The maximum absolute atomic E-state index is 12.3. The van der Waals surface area contributed by atoms with Gasteiger partial charge in [-0.15, -0.1) is 0 Å². The first-order valence-electron chi connectivity index (χ1n) is 6.85. The Balaban J connectivity index is 1.57. The first-order chi connectivity index (χ1) is 7.83. The van der Waals surface area contributed by atoms with E-state index in [-0.39, 0.29) is 6.04 Å². The topological polar surface area (TPSA) is 32.3 Å². The fraction of sp³-hybridized carbons (Fsp3) is 0.923. The van der Waals surface area contributed by atoms with Crippen molar-refractivity contribution >= 4 is 5.91 Å². The van der Waals surface area contributed by atoms with Crippen LogP contribution in [0, 0.1) is 11.8 Å². The van der Waals surface area contributed by atoms with Gasteiger partial charge >= 0.3 is 0 Å². The van der Waals surface area contributed by atoms with E-state index in [1.54, 1.807) is 0 Å². The summed E-state index contributed by atoms with van der Waals surface area (Å²) in [7, 11) is 0. The zero-order valence-corrected chi connectivity index (χ0v) is 9.95. The minimum atomic E-state index is 0.137. The van der Waals surface area contributed by atoms with Crippen molar-refractivity contribution in [3.63, 3.8) is 0 Å². The van der Waals surface area contributed by atoms with E-state index in [2.05, 4.69) is 10.2 Å². The van der Waals surface area contributed by atoms with Crippen LogP contribution >= 0.6 is 0 Å². The number of hydrogen-bond donors (Lipinski definition) is 1. The lowest BCUT2D eigenvalue weighted by molar-refractivity contribution is -0.133. The minimum Gasteiger partial charge on any atom is -0.341 e. The molecule has 0 aromatic heterocycles. The van der Waals surface area contributed by atoms with E-state index in [0.717, 1.165) is 44.3 Å². The Bertz CT molecular complexity index is 251. The van der Waals surface area contributed by atoms with Gasteiger partial charge in [0.05, 0.1) is 6.04 Å². The smallest absolute Gasteiger partial charge is 0.239 e. The summed E-state index contributed by atoms with van der Waals surface area (Å²) in [5, 5.41) is 3.33. The molecule has 1 aliphatic heterocycles. The highest BCUT2D eigenvalue weighted by Crippen LogP contribution is 2.34. The van der Waals surface area contributed by atoms with Crippen LogP contribution in [0.2, 0.25) is 0 Å². The lowest BCUT2D eigenvalue weighted by atomic mass is 10.2. The van der Waals surface area contributed by atoms with Gasteiger partial charge in [-0.25, -0.2) is 0 Å². The Kier molecular flexibility index (Phi) is 2.88. The normalized spacial score (nSPS) is 29.4. The van der Waals surface area contributed by atoms with E-state index >= 15 is 0 Å². The monoisotopic (exact) mass is 222 g/mol. The van der Waals surface area contributed by atoms with Crippen molar-refractivity contribution in [1.29, 1.82) is 0 Å². The summed E-state index contributed by atoms with van der Waals surface area (Å²) in [5.41, 5.74) is 0. The summed E-state index contributed by atoms with van der Waals surface area (Å²) in [5.74, 6) is 2.03. The molecule has 0 radical (unpaired) electrons. The fourth-order valence-corrected chi connectivity index (χ4v) is 2.59. The predicted octanol–water partition coefficient (Wildman–Crippen LogP) is 1.39. The minimum absolute atomic E-state index is 0.137. The number of nitrogens with one attached hydrogen (secondary N) is 1. The van der Waals surface area contributed by atoms with Crippen LogP contribution in [0.3, 0.4) is 0 Å². The Morgan fingerprint density at radius 2 is 1.69 bits per heavy atom. The number of rotatable bonds is 5. The fourth-order valence-electron chi connectivity index (χ4n) is 2.59. The summed E-state index contributed by atoms with van der Waals surface area (Å²) in [6.45, 7) is 3.10. The molecule has 2 saturated carbocycles.